The number of aliphatic carboxylic acids is 2. The number of esters is 1. The predicted molar refractivity (Wildman–Crippen MR) is 160 cm³/mol. The summed E-state index contributed by atoms with van der Waals surface area (Å²) in [6, 6.07) is -4.50. The van der Waals surface area contributed by atoms with Gasteiger partial charge >= 0.3 is 17.9 Å². The number of hydrogen-bond acceptors (Lipinski definition) is 9. The highest BCUT2D eigenvalue weighted by Gasteiger charge is 2.42. The van der Waals surface area contributed by atoms with Gasteiger partial charge in [-0.1, -0.05) is 62.3 Å². The van der Waals surface area contributed by atoms with Crippen molar-refractivity contribution in [2.75, 3.05) is 13.7 Å². The fourth-order valence-electron chi connectivity index (χ4n) is 4.14. The molecule has 0 bridgehead atoms. The summed E-state index contributed by atoms with van der Waals surface area (Å²) in [6.07, 6.45) is -2.15. The average Bonchev–Trinajstić information content (AvgIpc) is 2.82. The molecule has 8 N–H and O–H groups in total. The second kappa shape index (κ2) is 16.8. The van der Waals surface area contributed by atoms with Crippen LogP contribution in [0.4, 0.5) is 0 Å². The van der Waals surface area contributed by atoms with E-state index in [2.05, 4.69) is 20.7 Å². The summed E-state index contributed by atoms with van der Waals surface area (Å²) in [6.45, 7) is 14.2. The summed E-state index contributed by atoms with van der Waals surface area (Å²) in [7, 11) is 1.11. The summed E-state index contributed by atoms with van der Waals surface area (Å²) in [4.78, 5) is 75.0. The third-order valence-corrected chi connectivity index (χ3v) is 7.04. The number of carbonyl (C=O) groups excluding carboxylic acids is 4. The van der Waals surface area contributed by atoms with E-state index in [1.807, 2.05) is 0 Å². The Morgan fingerprint density at radius 2 is 1.16 bits per heavy atom. The molecule has 0 rings (SSSR count). The van der Waals surface area contributed by atoms with Crippen LogP contribution in [-0.4, -0.2) is 88.8 Å². The van der Waals surface area contributed by atoms with E-state index in [-0.39, 0.29) is 25.2 Å². The number of hydrogen-bond donors (Lipinski definition) is 7. The quantitative estimate of drug-likeness (QED) is 0.131. The first kappa shape index (κ1) is 42.2. The van der Waals surface area contributed by atoms with E-state index in [0.29, 0.717) is 0 Å². The molecule has 0 saturated heterocycles. The third-order valence-electron chi connectivity index (χ3n) is 7.04. The Balaban J connectivity index is 0. The summed E-state index contributed by atoms with van der Waals surface area (Å²) < 4.78 is 4.51. The molecule has 0 spiro atoms. The summed E-state index contributed by atoms with van der Waals surface area (Å²) in [5, 5.41) is 37.6. The van der Waals surface area contributed by atoms with Crippen LogP contribution in [0.25, 0.3) is 0 Å². The Morgan fingerprint density at radius 3 is 1.53 bits per heavy atom. The molecule has 0 aromatic carbocycles. The number of nitrogens with two attached hydrogens (primary N) is 1. The van der Waals surface area contributed by atoms with E-state index in [4.69, 9.17) is 5.73 Å². The van der Waals surface area contributed by atoms with Crippen LogP contribution in [0.5, 0.6) is 0 Å². The number of methoxy groups -OCH3 is 1. The molecule has 0 aromatic heterocycles. The molecule has 0 aliphatic heterocycles. The van der Waals surface area contributed by atoms with Crippen molar-refractivity contribution >= 4 is 48.0 Å². The smallest absolute Gasteiger partial charge is 0.325 e. The number of aliphatic hydroxyl groups excluding tert-OH is 1. The fraction of sp³-hybridized carbons (Fsp3) is 0.786. The van der Waals surface area contributed by atoms with Crippen LogP contribution >= 0.6 is 12.4 Å². The third kappa shape index (κ3) is 13.9. The lowest BCUT2D eigenvalue weighted by molar-refractivity contribution is -0.148. The van der Waals surface area contributed by atoms with Crippen LogP contribution in [-0.2, 0) is 33.5 Å². The zero-order valence-corrected chi connectivity index (χ0v) is 27.6. The molecule has 14 nitrogen and oxygen atoms in total. The molecule has 0 aliphatic rings. The van der Waals surface area contributed by atoms with E-state index >= 15 is 0 Å². The number of aliphatic hydroxyl groups is 1. The number of carbonyl (C=O) groups is 6. The zero-order valence-electron chi connectivity index (χ0n) is 26.8. The molecule has 0 radical (unpaired) electrons. The Labute approximate surface area is 259 Å². The van der Waals surface area contributed by atoms with E-state index in [1.54, 1.807) is 62.3 Å². The summed E-state index contributed by atoms with van der Waals surface area (Å²) >= 11 is 0. The number of ether oxygens (including phenoxy) is 1. The monoisotopic (exact) mass is 638 g/mol. The van der Waals surface area contributed by atoms with Gasteiger partial charge in [0.15, 0.2) is 0 Å². The van der Waals surface area contributed by atoms with Crippen molar-refractivity contribution in [3.63, 3.8) is 0 Å². The molecule has 0 saturated carbocycles. The first-order valence-electron chi connectivity index (χ1n) is 13.7. The molecule has 0 fully saturated rings. The number of rotatable bonds is 14. The van der Waals surface area contributed by atoms with Crippen LogP contribution in [0.15, 0.2) is 0 Å². The first-order valence-corrected chi connectivity index (χ1v) is 13.7. The topological polar surface area (TPSA) is 234 Å². The number of carboxylic acid groups (broad SMARTS) is 2. The van der Waals surface area contributed by atoms with Gasteiger partial charge in [-0.2, -0.15) is 0 Å². The van der Waals surface area contributed by atoms with Crippen molar-refractivity contribution in [1.82, 2.24) is 16.0 Å². The normalized spacial score (nSPS) is 16.2. The van der Waals surface area contributed by atoms with Crippen molar-refractivity contribution < 1.29 is 48.8 Å². The molecule has 6 atom stereocenters. The van der Waals surface area contributed by atoms with Crippen molar-refractivity contribution in [1.29, 1.82) is 0 Å². The number of halogens is 1. The van der Waals surface area contributed by atoms with Gasteiger partial charge in [-0.15, -0.1) is 12.4 Å². The van der Waals surface area contributed by atoms with Gasteiger partial charge in [0.05, 0.1) is 31.1 Å². The number of carboxylic acids is 2. The molecular formula is C28H51ClN4O10. The molecule has 15 heteroatoms. The molecular weight excluding hydrogens is 588 g/mol. The predicted octanol–water partition coefficient (Wildman–Crippen LogP) is 0.675. The van der Waals surface area contributed by atoms with Gasteiger partial charge in [0.25, 0.3) is 0 Å². The molecule has 0 aliphatic carbocycles. The highest BCUT2D eigenvalue weighted by Crippen LogP contribution is 2.31. The lowest BCUT2D eigenvalue weighted by atomic mass is 9.77. The van der Waals surface area contributed by atoms with Crippen molar-refractivity contribution in [2.45, 2.75) is 99.4 Å². The van der Waals surface area contributed by atoms with E-state index in [1.165, 1.54) is 0 Å². The van der Waals surface area contributed by atoms with Crippen molar-refractivity contribution in [3.8, 4) is 0 Å². The molecule has 0 aromatic rings. The van der Waals surface area contributed by atoms with Gasteiger partial charge in [-0.25, -0.2) is 0 Å². The van der Waals surface area contributed by atoms with Gasteiger partial charge in [0.2, 0.25) is 17.7 Å². The minimum absolute atomic E-state index is 0. The minimum Gasteiger partial charge on any atom is -0.481 e. The van der Waals surface area contributed by atoms with Crippen LogP contribution in [0.1, 0.15) is 75.2 Å². The maximum absolute atomic E-state index is 13.5. The SMILES string of the molecule is COC(=O)CNC(=O)[C@H](CC(C(=O)O)C(C)(C)C)NC(=O)[C@@H](NC(=O)[C@@H](N)CC(C(=O)O)C(C)(C)C)C(O)C(C)(C)C.Cl. The van der Waals surface area contributed by atoms with E-state index in [0.717, 1.165) is 7.11 Å². The summed E-state index contributed by atoms with van der Waals surface area (Å²) in [5.41, 5.74) is 3.49. The van der Waals surface area contributed by atoms with Crippen LogP contribution < -0.4 is 21.7 Å². The van der Waals surface area contributed by atoms with Gasteiger partial charge in [0.1, 0.15) is 18.6 Å². The maximum atomic E-state index is 13.5. The van der Waals surface area contributed by atoms with Gasteiger partial charge in [0, 0.05) is 0 Å². The van der Waals surface area contributed by atoms with Crippen molar-refractivity contribution in [2.24, 2.45) is 33.8 Å². The van der Waals surface area contributed by atoms with Crippen LogP contribution in [0.3, 0.4) is 0 Å². The minimum atomic E-state index is -1.66. The summed E-state index contributed by atoms with van der Waals surface area (Å²) in [5.74, 6) is -8.07. The second-order valence-electron chi connectivity index (χ2n) is 13.7. The average molecular weight is 639 g/mol. The highest BCUT2D eigenvalue weighted by atomic mass is 35.5. The molecule has 43 heavy (non-hydrogen) atoms. The Hall–Kier alpha value is -2.97. The number of nitrogens with one attached hydrogen (secondary N) is 3. The van der Waals surface area contributed by atoms with Crippen LogP contribution in [0, 0.1) is 28.1 Å². The lowest BCUT2D eigenvalue weighted by Gasteiger charge is -2.35. The highest BCUT2D eigenvalue weighted by molar-refractivity contribution is 5.94. The molecule has 0 heterocycles. The lowest BCUT2D eigenvalue weighted by Crippen LogP contribution is -2.62. The zero-order chi connectivity index (χ0) is 33.4. The molecule has 3 amide bonds. The molecule has 3 unspecified atom stereocenters. The number of amides is 3. The van der Waals surface area contributed by atoms with E-state index in [9.17, 15) is 44.1 Å². The standard InChI is InChI=1S/C28H50N4O10.ClH/c1-26(2,3)14(24(38)39)11-16(29)21(35)32-19(20(34)28(7,8)9)23(37)31-17(22(36)30-13-18(33)42-10)12-15(25(40)41)27(4,5)6;/h14-17,19-20,34H,11-13,29H2,1-10H3,(H,30,36)(H,31,37)(H,32,35)(H,38,39)(H,40,41);1H/t14?,15?,16-,17-,19-,20?;/m0./s1. The Bertz CT molecular complexity index is 1000. The second-order valence-corrected chi connectivity index (χ2v) is 13.7. The maximum Gasteiger partial charge on any atom is 0.325 e. The Kier molecular flexibility index (Phi) is 16.4. The van der Waals surface area contributed by atoms with Gasteiger partial charge < -0.3 is 41.7 Å². The van der Waals surface area contributed by atoms with Gasteiger partial charge in [-0.05, 0) is 29.1 Å². The fourth-order valence-corrected chi connectivity index (χ4v) is 4.14. The Morgan fingerprint density at radius 1 is 0.721 bits per heavy atom. The first-order chi connectivity index (χ1) is 18.8. The van der Waals surface area contributed by atoms with Gasteiger partial charge in [-0.3, -0.25) is 28.8 Å². The molecule has 250 valence electrons. The van der Waals surface area contributed by atoms with Crippen LogP contribution in [0.2, 0.25) is 0 Å². The largest absolute Gasteiger partial charge is 0.481 e. The van der Waals surface area contributed by atoms with E-state index < -0.39 is 94.5 Å². The van der Waals surface area contributed by atoms with Crippen molar-refractivity contribution in [3.05, 3.63) is 0 Å².